The molecule has 4 heteroatoms. The maximum atomic E-state index is 15.6. The summed E-state index contributed by atoms with van der Waals surface area (Å²) >= 11 is 0. The Morgan fingerprint density at radius 2 is 1.05 bits per heavy atom. The van der Waals surface area contributed by atoms with Crippen molar-refractivity contribution in [3.05, 3.63) is 142 Å². The molecule has 202 valence electrons. The van der Waals surface area contributed by atoms with Gasteiger partial charge in [0.1, 0.15) is 4.75 Å². The Kier molecular flexibility index (Phi) is 6.42. The lowest BCUT2D eigenvalue weighted by molar-refractivity contribution is -0.146. The summed E-state index contributed by atoms with van der Waals surface area (Å²) in [7, 11) is -0.0934. The third-order valence-electron chi connectivity index (χ3n) is 8.78. The lowest BCUT2D eigenvalue weighted by atomic mass is 9.63. The summed E-state index contributed by atoms with van der Waals surface area (Å²) in [5.74, 6) is -0.941. The minimum absolute atomic E-state index is 0.324. The molecule has 0 spiro atoms. The Hall–Kier alpha value is -3.76. The molecule has 3 nitrogen and oxygen atoms in total. The van der Waals surface area contributed by atoms with E-state index in [1.807, 2.05) is 6.92 Å². The molecule has 0 radical (unpaired) electrons. The molecule has 4 atom stereocenters. The second-order valence-electron chi connectivity index (χ2n) is 11.3. The van der Waals surface area contributed by atoms with Gasteiger partial charge in [0.25, 0.3) is 0 Å². The standard InChI is InChI=1S/C36H34O3S/c1-23-6-14-27(15-7-23)32-33(28-16-8-24(2)9-17-28)36(30-20-12-26(4)13-21-30)31(34(37)39-5)22-35(32,40(36)38)29-18-10-25(3)11-19-29/h6-21,31H,22H2,1-5H3. The van der Waals surface area contributed by atoms with E-state index < -0.39 is 26.2 Å². The Morgan fingerprint density at radius 3 is 1.50 bits per heavy atom. The number of hydrogen-bond donors (Lipinski definition) is 0. The lowest BCUT2D eigenvalue weighted by Crippen LogP contribution is -2.39. The molecule has 2 aliphatic heterocycles. The van der Waals surface area contributed by atoms with Crippen LogP contribution in [-0.4, -0.2) is 17.3 Å². The summed E-state index contributed by atoms with van der Waals surface area (Å²) in [5, 5.41) is 0. The van der Waals surface area contributed by atoms with Crippen molar-refractivity contribution in [3.63, 3.8) is 0 Å². The molecule has 0 aromatic heterocycles. The van der Waals surface area contributed by atoms with Gasteiger partial charge in [0, 0.05) is 0 Å². The summed E-state index contributed by atoms with van der Waals surface area (Å²) in [6.45, 7) is 8.25. The van der Waals surface area contributed by atoms with Gasteiger partial charge >= 0.3 is 5.97 Å². The minimum Gasteiger partial charge on any atom is -0.469 e. The zero-order valence-electron chi connectivity index (χ0n) is 23.7. The second kappa shape index (κ2) is 9.71. The van der Waals surface area contributed by atoms with Crippen molar-refractivity contribution in [2.45, 2.75) is 43.6 Å². The molecule has 0 amide bonds. The number of fused-ring (bicyclic) bond motifs is 2. The van der Waals surface area contributed by atoms with Crippen LogP contribution in [0, 0.1) is 33.6 Å². The number of aryl methyl sites for hydroxylation is 4. The average molecular weight is 547 g/mol. The molecule has 4 aromatic rings. The Bertz CT molecular complexity index is 1650. The molecule has 1 saturated heterocycles. The van der Waals surface area contributed by atoms with Gasteiger partial charge in [-0.05, 0) is 67.5 Å². The maximum Gasteiger partial charge on any atom is 0.310 e. The van der Waals surface area contributed by atoms with Crippen LogP contribution in [0.5, 0.6) is 0 Å². The van der Waals surface area contributed by atoms with Crippen molar-refractivity contribution in [2.75, 3.05) is 7.11 Å². The molecule has 2 bridgehead atoms. The molecule has 40 heavy (non-hydrogen) atoms. The molecular weight excluding hydrogens is 512 g/mol. The van der Waals surface area contributed by atoms with Gasteiger partial charge in [-0.3, -0.25) is 9.00 Å². The number of ether oxygens (including phenoxy) is 1. The van der Waals surface area contributed by atoms with E-state index in [-0.39, 0.29) is 5.97 Å². The van der Waals surface area contributed by atoms with E-state index in [1.54, 1.807) is 0 Å². The molecule has 2 aliphatic rings. The van der Waals surface area contributed by atoms with Crippen molar-refractivity contribution in [2.24, 2.45) is 5.92 Å². The summed E-state index contributed by atoms with van der Waals surface area (Å²) in [6, 6.07) is 33.5. The second-order valence-corrected chi connectivity index (χ2v) is 13.2. The SMILES string of the molecule is COC(=O)C1CC2(c3ccc(C)cc3)C(c3ccc(C)cc3)=C(c3ccc(C)cc3)C1(c1ccc(C)cc1)S2=O. The van der Waals surface area contributed by atoms with Crippen LogP contribution in [-0.2, 0) is 29.8 Å². The fourth-order valence-electron chi connectivity index (χ4n) is 6.77. The molecule has 2 heterocycles. The third kappa shape index (κ3) is 3.69. The van der Waals surface area contributed by atoms with Crippen LogP contribution in [0.3, 0.4) is 0 Å². The first-order valence-electron chi connectivity index (χ1n) is 13.8. The van der Waals surface area contributed by atoms with Gasteiger partial charge in [-0.1, -0.05) is 119 Å². The molecule has 0 aliphatic carbocycles. The van der Waals surface area contributed by atoms with Gasteiger partial charge < -0.3 is 4.74 Å². The van der Waals surface area contributed by atoms with E-state index in [0.29, 0.717) is 6.42 Å². The molecular formula is C36H34O3S. The predicted molar refractivity (Wildman–Crippen MR) is 163 cm³/mol. The van der Waals surface area contributed by atoms with E-state index >= 15 is 4.21 Å². The van der Waals surface area contributed by atoms with Gasteiger partial charge in [0.15, 0.2) is 0 Å². The zero-order chi connectivity index (χ0) is 28.2. The number of carbonyl (C=O) groups excluding carboxylic acids is 1. The fourth-order valence-corrected chi connectivity index (χ4v) is 9.59. The maximum absolute atomic E-state index is 15.6. The first-order chi connectivity index (χ1) is 19.2. The molecule has 0 saturated carbocycles. The number of methoxy groups -OCH3 is 1. The Morgan fingerprint density at radius 1 is 0.650 bits per heavy atom. The summed E-state index contributed by atoms with van der Waals surface area (Å²) in [5.41, 5.74) is 10.4. The average Bonchev–Trinajstić information content (AvgIpc) is 3.36. The first kappa shape index (κ1) is 26.5. The quantitative estimate of drug-likeness (QED) is 0.242. The molecule has 6 rings (SSSR count). The van der Waals surface area contributed by atoms with Crippen LogP contribution < -0.4 is 0 Å². The number of esters is 1. The van der Waals surface area contributed by atoms with E-state index in [0.717, 1.165) is 55.7 Å². The van der Waals surface area contributed by atoms with Gasteiger partial charge in [-0.15, -0.1) is 0 Å². The number of hydrogen-bond acceptors (Lipinski definition) is 3. The Balaban J connectivity index is 1.81. The largest absolute Gasteiger partial charge is 0.469 e. The number of benzene rings is 4. The monoisotopic (exact) mass is 546 g/mol. The van der Waals surface area contributed by atoms with E-state index in [1.165, 1.54) is 7.11 Å². The number of rotatable bonds is 5. The summed E-state index contributed by atoms with van der Waals surface area (Å²) < 4.78 is 19.1. The van der Waals surface area contributed by atoms with E-state index in [9.17, 15) is 4.79 Å². The Labute approximate surface area is 239 Å². The van der Waals surface area contributed by atoms with Crippen LogP contribution in [0.4, 0.5) is 0 Å². The van der Waals surface area contributed by atoms with Gasteiger partial charge in [-0.2, -0.15) is 0 Å². The van der Waals surface area contributed by atoms with E-state index in [4.69, 9.17) is 4.74 Å². The highest BCUT2D eigenvalue weighted by Gasteiger charge is 2.73. The predicted octanol–water partition coefficient (Wildman–Crippen LogP) is 7.58. The zero-order valence-corrected chi connectivity index (χ0v) is 24.5. The van der Waals surface area contributed by atoms with Crippen molar-refractivity contribution >= 4 is 27.9 Å². The van der Waals surface area contributed by atoms with Crippen LogP contribution in [0.25, 0.3) is 11.1 Å². The summed E-state index contributed by atoms with van der Waals surface area (Å²) in [6.07, 6.45) is 0.405. The molecule has 4 aromatic carbocycles. The van der Waals surface area contributed by atoms with Crippen molar-refractivity contribution in [3.8, 4) is 0 Å². The molecule has 1 fully saturated rings. The van der Waals surface area contributed by atoms with Crippen molar-refractivity contribution in [1.82, 2.24) is 0 Å². The van der Waals surface area contributed by atoms with Crippen LogP contribution >= 0.6 is 0 Å². The van der Waals surface area contributed by atoms with Crippen molar-refractivity contribution in [1.29, 1.82) is 0 Å². The van der Waals surface area contributed by atoms with Gasteiger partial charge in [-0.25, -0.2) is 0 Å². The normalized spacial score (nSPS) is 25.3. The van der Waals surface area contributed by atoms with Crippen molar-refractivity contribution < 1.29 is 13.7 Å². The smallest absolute Gasteiger partial charge is 0.310 e. The minimum atomic E-state index is -1.53. The lowest BCUT2D eigenvalue weighted by Gasteiger charge is -2.37. The van der Waals surface area contributed by atoms with Crippen LogP contribution in [0.1, 0.15) is 50.9 Å². The fraction of sp³-hybridized carbons (Fsp3) is 0.250. The van der Waals surface area contributed by atoms with Gasteiger partial charge in [0.2, 0.25) is 0 Å². The van der Waals surface area contributed by atoms with Crippen LogP contribution in [0.2, 0.25) is 0 Å². The first-order valence-corrected chi connectivity index (χ1v) is 14.9. The topological polar surface area (TPSA) is 43.4 Å². The number of carbonyl (C=O) groups is 1. The molecule has 0 N–H and O–H groups in total. The van der Waals surface area contributed by atoms with Crippen LogP contribution in [0.15, 0.2) is 97.1 Å². The van der Waals surface area contributed by atoms with Gasteiger partial charge in [0.05, 0.1) is 28.6 Å². The molecule has 4 unspecified atom stereocenters. The highest BCUT2D eigenvalue weighted by atomic mass is 32.2. The highest BCUT2D eigenvalue weighted by molar-refractivity contribution is 7.89. The third-order valence-corrected chi connectivity index (χ3v) is 11.3. The highest BCUT2D eigenvalue weighted by Crippen LogP contribution is 2.72. The summed E-state index contributed by atoms with van der Waals surface area (Å²) in [4.78, 5) is 13.8. The van der Waals surface area contributed by atoms with E-state index in [2.05, 4.69) is 118 Å².